The number of unbranched alkanes of at least 4 members (excludes halogenated alkanes) is 1. The number of hydrogen-bond donors (Lipinski definition) is 25. The standard InChI is InChI=1S/C80H118N20O26/c1-8-39(3)62(94-72(116)56-22-16-32-99(56)78(122)50(20-14-30-86-80(83)84)89-73(117)61(82)41(5)102)74(118)95-63(40(4)9-2)75(119)96-65(43(7)104)77(121)97-64(42(6)103)76(120)91-51(34-45-25-28-58(106)57(35-45)100(125)126)67(111)87-37-59(107)98-31-15-21-55(98)71(115)93-54(38-101)70(114)90-52(36-60(108)109)69(113)88-49(19-12-13-29-85-66(110)47-17-10-11-18-48(47)81)68(112)92-53(79(123)124)33-44-23-26-46(105)27-24-44/h10-11,17-18,23-28,35,39-43,49-56,61-65,101-106H,8-9,12-16,19-22,29-34,36-38,81-82H2,1-7H3,(H,85,110)(H,87,111)(H,88,113)(H,89,117)(H,90,114)(H,91,120)(H,92,112)(H,93,115)(H,94,116)(H,95,118)(H,96,119)(H,97,121)(H,108,109)(H,123,124)(H4,83,84,86)/t39-,40-,41+,42+,43+,49-,50-,51-,52-,53-,54-,55-,56-,61-,62-,63-,64-,65-/m0/s1. The Morgan fingerprint density at radius 1 is 0.532 bits per heavy atom. The van der Waals surface area contributed by atoms with E-state index in [4.69, 9.17) is 22.6 Å². The van der Waals surface area contributed by atoms with Crippen LogP contribution in [0.25, 0.3) is 0 Å². The SMILES string of the molecule is CC[C@H](C)[C@H](NC(=O)[C@@H](NC(=O)[C@@H]1CCCN1C(=O)[C@H](CCCNC(=N)N)NC(=O)[C@@H](N)[C@@H](C)O)[C@@H](C)CC)C(=O)N[C@H](C(=O)N[C@H](C(=O)N[C@@H](Cc1ccc(O)c([N+](=O)[O-])c1)C(=O)NCC(=O)N1CCC[C@H]1C(=O)N[C@@H](CO)C(=O)N[C@@H](CC(=O)O)C(=O)N[C@@H](CCCCNC(=O)c1ccccc1N)C(=O)N[C@@H](Cc1ccc(O)cc1)C(=O)O)[C@@H](C)O)[C@@H](C)O. The molecule has 0 aromatic heterocycles. The second-order valence-electron chi connectivity index (χ2n) is 31.1. The van der Waals surface area contributed by atoms with Gasteiger partial charge in [-0.2, -0.15) is 0 Å². The molecule has 126 heavy (non-hydrogen) atoms. The van der Waals surface area contributed by atoms with Gasteiger partial charge in [-0.25, -0.2) is 4.79 Å². The predicted octanol–water partition coefficient (Wildman–Crippen LogP) is -5.70. The number of anilines is 1. The third-order valence-corrected chi connectivity index (χ3v) is 21.4. The van der Waals surface area contributed by atoms with Gasteiger partial charge in [-0.05, 0) is 132 Å². The van der Waals surface area contributed by atoms with E-state index >= 15 is 0 Å². The summed E-state index contributed by atoms with van der Waals surface area (Å²) < 4.78 is 0. The van der Waals surface area contributed by atoms with E-state index in [1.54, 1.807) is 39.8 Å². The number of nitro benzene ring substituents is 1. The molecule has 2 heterocycles. The summed E-state index contributed by atoms with van der Waals surface area (Å²) >= 11 is 0. The van der Waals surface area contributed by atoms with E-state index in [0.717, 1.165) is 36.9 Å². The molecule has 0 unspecified atom stereocenters. The number of carbonyl (C=O) groups is 16. The molecule has 3 aromatic carbocycles. The highest BCUT2D eigenvalue weighted by Gasteiger charge is 2.44. The lowest BCUT2D eigenvalue weighted by Gasteiger charge is -2.33. The number of guanidine groups is 1. The van der Waals surface area contributed by atoms with E-state index in [9.17, 15) is 128 Å². The molecule has 14 amide bonds. The molecular formula is C80H118N20O26. The molecule has 2 saturated heterocycles. The molecule has 0 saturated carbocycles. The van der Waals surface area contributed by atoms with Crippen LogP contribution in [0.15, 0.2) is 66.7 Å². The van der Waals surface area contributed by atoms with Crippen LogP contribution in [0.5, 0.6) is 11.5 Å². The molecule has 0 radical (unpaired) electrons. The highest BCUT2D eigenvalue weighted by Crippen LogP contribution is 2.28. The number of para-hydroxylation sites is 1. The number of nitrogens with two attached hydrogens (primary N) is 3. The Morgan fingerprint density at radius 3 is 1.57 bits per heavy atom. The molecule has 694 valence electrons. The van der Waals surface area contributed by atoms with Gasteiger partial charge in [0.15, 0.2) is 11.7 Å². The fourth-order valence-corrected chi connectivity index (χ4v) is 13.7. The van der Waals surface area contributed by atoms with Crippen molar-refractivity contribution >= 4 is 112 Å². The van der Waals surface area contributed by atoms with Crippen LogP contribution >= 0.6 is 0 Å². The minimum absolute atomic E-state index is 0.0138. The Balaban J connectivity index is 1.30. The fourth-order valence-electron chi connectivity index (χ4n) is 13.7. The molecule has 0 aliphatic carbocycles. The summed E-state index contributed by atoms with van der Waals surface area (Å²) in [6, 6.07) is -7.14. The number of phenols is 2. The number of nitrogens with zero attached hydrogens (tertiary/aromatic N) is 3. The van der Waals surface area contributed by atoms with Crippen LogP contribution < -0.4 is 86.3 Å². The summed E-state index contributed by atoms with van der Waals surface area (Å²) in [5.41, 5.74) is 17.0. The molecule has 5 rings (SSSR count). The maximum atomic E-state index is 14.5. The minimum atomic E-state index is -2.09. The first kappa shape index (κ1) is 104. The summed E-state index contributed by atoms with van der Waals surface area (Å²) in [5, 5.41) is 134. The van der Waals surface area contributed by atoms with Crippen molar-refractivity contribution in [3.8, 4) is 11.5 Å². The average molecular weight is 1780 g/mol. The largest absolute Gasteiger partial charge is 0.508 e. The second-order valence-corrected chi connectivity index (χ2v) is 31.1. The van der Waals surface area contributed by atoms with Gasteiger partial charge in [-0.15, -0.1) is 0 Å². The van der Waals surface area contributed by atoms with Crippen LogP contribution in [0.2, 0.25) is 0 Å². The number of likely N-dealkylation sites (tertiary alicyclic amines) is 2. The lowest BCUT2D eigenvalue weighted by molar-refractivity contribution is -0.385. The topological polar surface area (TPSA) is 743 Å². The van der Waals surface area contributed by atoms with E-state index < -0.39 is 246 Å². The van der Waals surface area contributed by atoms with Gasteiger partial charge in [0.25, 0.3) is 5.91 Å². The molecule has 46 nitrogen and oxygen atoms in total. The Kier molecular flexibility index (Phi) is 41.2. The molecule has 0 bridgehead atoms. The first-order chi connectivity index (χ1) is 59.4. The van der Waals surface area contributed by atoms with E-state index in [1.165, 1.54) is 48.2 Å². The van der Waals surface area contributed by atoms with Crippen LogP contribution in [-0.2, 0) is 84.8 Å². The van der Waals surface area contributed by atoms with E-state index in [0.29, 0.717) is 12.0 Å². The van der Waals surface area contributed by atoms with Gasteiger partial charge in [-0.3, -0.25) is 87.4 Å². The zero-order chi connectivity index (χ0) is 94.1. The summed E-state index contributed by atoms with van der Waals surface area (Å²) in [6.45, 7) is 7.75. The quantitative estimate of drug-likeness (QED) is 0.00625. The first-order valence-electron chi connectivity index (χ1n) is 41.1. The maximum absolute atomic E-state index is 14.5. The van der Waals surface area contributed by atoms with Crippen molar-refractivity contribution < 1.29 is 122 Å². The molecule has 2 aliphatic heterocycles. The van der Waals surface area contributed by atoms with Gasteiger partial charge >= 0.3 is 17.6 Å². The number of rotatable bonds is 50. The molecule has 0 spiro atoms. The number of carboxylic acids is 2. The number of nitrogen functional groups attached to an aromatic ring is 1. The highest BCUT2D eigenvalue weighted by molar-refractivity contribution is 6.02. The maximum Gasteiger partial charge on any atom is 0.326 e. The Hall–Kier alpha value is -13.0. The van der Waals surface area contributed by atoms with Crippen LogP contribution in [0.3, 0.4) is 0 Å². The van der Waals surface area contributed by atoms with Crippen molar-refractivity contribution in [3.05, 3.63) is 93.5 Å². The van der Waals surface area contributed by atoms with E-state index in [1.807, 2.05) is 0 Å². The number of hydrogen-bond acceptors (Lipinski definition) is 27. The zero-order valence-electron chi connectivity index (χ0n) is 70.9. The molecule has 2 aliphatic rings. The number of nitrogens with one attached hydrogen (secondary N) is 14. The summed E-state index contributed by atoms with van der Waals surface area (Å²) in [4.78, 5) is 235. The molecule has 46 heteroatoms. The van der Waals surface area contributed by atoms with E-state index in [2.05, 4.69) is 69.1 Å². The van der Waals surface area contributed by atoms with Gasteiger partial charge in [0, 0.05) is 50.8 Å². The van der Waals surface area contributed by atoms with Crippen LogP contribution in [0.1, 0.15) is 147 Å². The van der Waals surface area contributed by atoms with Crippen molar-refractivity contribution in [1.29, 1.82) is 5.41 Å². The summed E-state index contributed by atoms with van der Waals surface area (Å²) in [7, 11) is 0. The number of amides is 14. The van der Waals surface area contributed by atoms with Crippen molar-refractivity contribution in [2.45, 2.75) is 235 Å². The number of nitro groups is 1. The Morgan fingerprint density at radius 2 is 1.02 bits per heavy atom. The highest BCUT2D eigenvalue weighted by atomic mass is 16.6. The predicted molar refractivity (Wildman–Crippen MR) is 447 cm³/mol. The molecule has 3 aromatic rings. The Bertz CT molecular complexity index is 4370. The van der Waals surface area contributed by atoms with Crippen LogP contribution in [0.4, 0.5) is 11.4 Å². The van der Waals surface area contributed by atoms with Gasteiger partial charge in [0.2, 0.25) is 76.8 Å². The third-order valence-electron chi connectivity index (χ3n) is 21.4. The smallest absolute Gasteiger partial charge is 0.326 e. The number of benzene rings is 3. The summed E-state index contributed by atoms with van der Waals surface area (Å²) in [6.07, 6.45) is -6.15. The number of aliphatic hydroxyl groups is 4. The minimum Gasteiger partial charge on any atom is -0.508 e. The van der Waals surface area contributed by atoms with Gasteiger partial charge in [0.1, 0.15) is 84.3 Å². The number of carbonyl (C=O) groups excluding carboxylic acids is 14. The van der Waals surface area contributed by atoms with Crippen molar-refractivity contribution in [2.75, 3.05) is 45.1 Å². The van der Waals surface area contributed by atoms with Crippen molar-refractivity contribution in [3.63, 3.8) is 0 Å². The summed E-state index contributed by atoms with van der Waals surface area (Å²) in [5.74, 6) is -20.5. The average Bonchev–Trinajstić information content (AvgIpc) is 1.67. The van der Waals surface area contributed by atoms with Crippen LogP contribution in [-0.4, -0.2) is 292 Å². The third kappa shape index (κ3) is 31.4. The lowest BCUT2D eigenvalue weighted by Crippen LogP contribution is -2.64. The molecule has 18 atom stereocenters. The van der Waals surface area contributed by atoms with E-state index in [-0.39, 0.29) is 125 Å². The zero-order valence-corrected chi connectivity index (χ0v) is 70.9. The number of phenolic OH excluding ortho intramolecular Hbond substituents is 2. The molecule has 2 fully saturated rings. The van der Waals surface area contributed by atoms with Gasteiger partial charge in [0.05, 0.1) is 48.4 Å². The number of aromatic hydroxyl groups is 2. The molecule has 28 N–H and O–H groups in total. The first-order valence-corrected chi connectivity index (χ1v) is 41.1. The van der Waals surface area contributed by atoms with Crippen LogP contribution in [0, 0.1) is 27.4 Å². The van der Waals surface area contributed by atoms with Gasteiger partial charge < -0.3 is 137 Å². The lowest BCUT2D eigenvalue weighted by atomic mass is 9.94. The van der Waals surface area contributed by atoms with Gasteiger partial charge in [-0.1, -0.05) is 70.9 Å². The molecular weight excluding hydrogens is 1660 g/mol. The Labute approximate surface area is 724 Å². The second kappa shape index (κ2) is 50.1. The number of aliphatic carboxylic acids is 2. The monoisotopic (exact) mass is 1770 g/mol. The van der Waals surface area contributed by atoms with Crippen molar-refractivity contribution in [2.24, 2.45) is 23.3 Å². The fraction of sp³-hybridized carbons (Fsp3) is 0.562. The number of aliphatic hydroxyl groups excluding tert-OH is 4. The van der Waals surface area contributed by atoms with Crippen molar-refractivity contribution in [1.82, 2.24) is 78.9 Å². The number of carboxylic acid groups (broad SMARTS) is 2. The normalized spacial score (nSPS) is 17.4.